The van der Waals surface area contributed by atoms with Crippen molar-refractivity contribution in [2.24, 2.45) is 0 Å². The van der Waals surface area contributed by atoms with Crippen molar-refractivity contribution in [2.75, 3.05) is 10.6 Å². The molecule has 148 valence electrons. The van der Waals surface area contributed by atoms with E-state index in [1.165, 1.54) is 18.3 Å². The highest BCUT2D eigenvalue weighted by molar-refractivity contribution is 6.31. The van der Waals surface area contributed by atoms with Gasteiger partial charge < -0.3 is 15.6 Å². The molecule has 0 atom stereocenters. The standard InChI is InChI=1S/C22H16ClFN6/c1-2-13-5-16(27-11-17-10-26-12-29-17)6-18-21(13)28-9-14(8-25)22(18)30-15-3-4-20(24)19(23)7-15/h2-7,9-10,12,27H,1,11H2,(H,26,29)(H,28,30). The summed E-state index contributed by atoms with van der Waals surface area (Å²) in [7, 11) is 0. The second-order valence-corrected chi connectivity index (χ2v) is 6.92. The monoisotopic (exact) mass is 418 g/mol. The van der Waals surface area contributed by atoms with Gasteiger partial charge in [0, 0.05) is 34.7 Å². The summed E-state index contributed by atoms with van der Waals surface area (Å²) in [6.45, 7) is 4.43. The van der Waals surface area contributed by atoms with Gasteiger partial charge in [0.05, 0.1) is 40.4 Å². The number of nitrogens with one attached hydrogen (secondary N) is 3. The molecule has 4 rings (SSSR count). The van der Waals surface area contributed by atoms with Crippen molar-refractivity contribution in [2.45, 2.75) is 6.54 Å². The Kier molecular flexibility index (Phi) is 5.33. The SMILES string of the molecule is C=Cc1cc(NCc2cnc[nH]2)cc2c(Nc3ccc(F)c(Cl)c3)c(C#N)cnc12. The van der Waals surface area contributed by atoms with Crippen LogP contribution in [0.1, 0.15) is 16.8 Å². The lowest BCUT2D eigenvalue weighted by molar-refractivity contribution is 0.628. The molecule has 2 aromatic carbocycles. The number of pyridine rings is 1. The molecule has 8 heteroatoms. The predicted molar refractivity (Wildman–Crippen MR) is 117 cm³/mol. The molecule has 0 unspecified atom stereocenters. The Morgan fingerprint density at radius 2 is 2.10 bits per heavy atom. The highest BCUT2D eigenvalue weighted by Gasteiger charge is 2.14. The third kappa shape index (κ3) is 3.81. The number of aromatic amines is 1. The minimum atomic E-state index is -0.512. The van der Waals surface area contributed by atoms with Crippen LogP contribution in [0.15, 0.2) is 55.6 Å². The van der Waals surface area contributed by atoms with Crippen LogP contribution in [0, 0.1) is 17.1 Å². The topological polar surface area (TPSA) is 89.4 Å². The number of hydrogen-bond donors (Lipinski definition) is 3. The normalized spacial score (nSPS) is 10.6. The summed E-state index contributed by atoms with van der Waals surface area (Å²) in [5.74, 6) is -0.512. The summed E-state index contributed by atoms with van der Waals surface area (Å²) in [6, 6.07) is 10.3. The van der Waals surface area contributed by atoms with Gasteiger partial charge in [0.15, 0.2) is 0 Å². The first-order valence-corrected chi connectivity index (χ1v) is 9.39. The van der Waals surface area contributed by atoms with E-state index in [1.807, 2.05) is 12.1 Å². The summed E-state index contributed by atoms with van der Waals surface area (Å²) in [5, 5.41) is 16.9. The van der Waals surface area contributed by atoms with Crippen LogP contribution < -0.4 is 10.6 Å². The average Bonchev–Trinajstić information content (AvgIpc) is 3.28. The van der Waals surface area contributed by atoms with E-state index in [-0.39, 0.29) is 5.02 Å². The van der Waals surface area contributed by atoms with Crippen LogP contribution in [0.3, 0.4) is 0 Å². The summed E-state index contributed by atoms with van der Waals surface area (Å²) in [6.07, 6.45) is 6.57. The third-order valence-electron chi connectivity index (χ3n) is 4.57. The zero-order valence-corrected chi connectivity index (χ0v) is 16.5. The van der Waals surface area contributed by atoms with Gasteiger partial charge in [0.1, 0.15) is 11.9 Å². The quantitative estimate of drug-likeness (QED) is 0.378. The van der Waals surface area contributed by atoms with Crippen LogP contribution in [0.2, 0.25) is 5.02 Å². The Labute approximate surface area is 177 Å². The lowest BCUT2D eigenvalue weighted by Gasteiger charge is -2.15. The number of anilines is 3. The Balaban J connectivity index is 1.81. The highest BCUT2D eigenvalue weighted by Crippen LogP contribution is 2.34. The molecular formula is C22H16ClFN6. The summed E-state index contributed by atoms with van der Waals surface area (Å²) in [5.41, 5.74) is 4.71. The molecule has 0 amide bonds. The third-order valence-corrected chi connectivity index (χ3v) is 4.86. The molecule has 0 saturated carbocycles. The maximum Gasteiger partial charge on any atom is 0.141 e. The fourth-order valence-electron chi connectivity index (χ4n) is 3.10. The molecule has 0 aliphatic rings. The number of aromatic nitrogens is 3. The summed E-state index contributed by atoms with van der Waals surface area (Å²) in [4.78, 5) is 11.5. The minimum Gasteiger partial charge on any atom is -0.379 e. The maximum absolute atomic E-state index is 13.5. The number of H-pyrrole nitrogens is 1. The van der Waals surface area contributed by atoms with Crippen molar-refractivity contribution in [3.05, 3.63) is 83.3 Å². The van der Waals surface area contributed by atoms with E-state index >= 15 is 0 Å². The second-order valence-electron chi connectivity index (χ2n) is 6.51. The molecule has 2 heterocycles. The van der Waals surface area contributed by atoms with Crippen LogP contribution in [0.25, 0.3) is 17.0 Å². The predicted octanol–water partition coefficient (Wildman–Crippen LogP) is 5.62. The van der Waals surface area contributed by atoms with Crippen molar-refractivity contribution >= 4 is 45.6 Å². The molecule has 0 aliphatic carbocycles. The van der Waals surface area contributed by atoms with Crippen LogP contribution in [-0.2, 0) is 6.54 Å². The minimum absolute atomic E-state index is 0.00874. The molecule has 30 heavy (non-hydrogen) atoms. The van der Waals surface area contributed by atoms with Crippen molar-refractivity contribution < 1.29 is 4.39 Å². The number of nitriles is 1. The van der Waals surface area contributed by atoms with E-state index in [1.54, 1.807) is 24.7 Å². The van der Waals surface area contributed by atoms with Crippen LogP contribution in [-0.4, -0.2) is 15.0 Å². The molecule has 2 aromatic heterocycles. The first-order chi connectivity index (χ1) is 14.6. The van der Waals surface area contributed by atoms with Crippen molar-refractivity contribution in [3.8, 4) is 6.07 Å². The van der Waals surface area contributed by atoms with E-state index in [0.29, 0.717) is 29.0 Å². The summed E-state index contributed by atoms with van der Waals surface area (Å²) >= 11 is 5.91. The van der Waals surface area contributed by atoms with Crippen molar-refractivity contribution in [3.63, 3.8) is 0 Å². The van der Waals surface area contributed by atoms with Crippen LogP contribution in [0.4, 0.5) is 21.5 Å². The number of hydrogen-bond acceptors (Lipinski definition) is 5. The van der Waals surface area contributed by atoms with Gasteiger partial charge in [-0.05, 0) is 30.3 Å². The first kappa shape index (κ1) is 19.4. The van der Waals surface area contributed by atoms with E-state index in [0.717, 1.165) is 22.3 Å². The van der Waals surface area contributed by atoms with E-state index in [4.69, 9.17) is 11.6 Å². The molecule has 3 N–H and O–H groups in total. The maximum atomic E-state index is 13.5. The molecule has 0 spiro atoms. The Morgan fingerprint density at radius 3 is 2.80 bits per heavy atom. The van der Waals surface area contributed by atoms with Gasteiger partial charge >= 0.3 is 0 Å². The van der Waals surface area contributed by atoms with Crippen molar-refractivity contribution in [1.29, 1.82) is 5.26 Å². The van der Waals surface area contributed by atoms with Crippen LogP contribution in [0.5, 0.6) is 0 Å². The second kappa shape index (κ2) is 8.23. The first-order valence-electron chi connectivity index (χ1n) is 9.01. The molecule has 4 aromatic rings. The number of halogens is 2. The number of rotatable bonds is 6. The van der Waals surface area contributed by atoms with Gasteiger partial charge in [-0.1, -0.05) is 24.3 Å². The fourth-order valence-corrected chi connectivity index (χ4v) is 3.28. The van der Waals surface area contributed by atoms with Gasteiger partial charge in [-0.3, -0.25) is 4.98 Å². The Bertz CT molecular complexity index is 1280. The number of fused-ring (bicyclic) bond motifs is 1. The number of imidazole rings is 1. The van der Waals surface area contributed by atoms with Gasteiger partial charge in [0.25, 0.3) is 0 Å². The van der Waals surface area contributed by atoms with E-state index in [2.05, 4.69) is 38.2 Å². The largest absolute Gasteiger partial charge is 0.379 e. The summed E-state index contributed by atoms with van der Waals surface area (Å²) < 4.78 is 13.5. The lowest BCUT2D eigenvalue weighted by atomic mass is 10.0. The fraction of sp³-hybridized carbons (Fsp3) is 0.0455. The zero-order valence-electron chi connectivity index (χ0n) is 15.7. The molecule has 0 aliphatic heterocycles. The van der Waals surface area contributed by atoms with E-state index < -0.39 is 5.82 Å². The highest BCUT2D eigenvalue weighted by atomic mass is 35.5. The molecule has 0 radical (unpaired) electrons. The molecule has 0 saturated heterocycles. The van der Waals surface area contributed by atoms with Gasteiger partial charge in [-0.15, -0.1) is 0 Å². The van der Waals surface area contributed by atoms with Crippen molar-refractivity contribution in [1.82, 2.24) is 15.0 Å². The van der Waals surface area contributed by atoms with Gasteiger partial charge in [-0.25, -0.2) is 9.37 Å². The molecule has 0 bridgehead atoms. The smallest absolute Gasteiger partial charge is 0.141 e. The Hall–Kier alpha value is -3.89. The molecule has 0 fully saturated rings. The average molecular weight is 419 g/mol. The number of nitrogens with zero attached hydrogens (tertiary/aromatic N) is 3. The Morgan fingerprint density at radius 1 is 1.23 bits per heavy atom. The zero-order chi connectivity index (χ0) is 21.1. The van der Waals surface area contributed by atoms with Gasteiger partial charge in [0.2, 0.25) is 0 Å². The van der Waals surface area contributed by atoms with Crippen LogP contribution >= 0.6 is 11.6 Å². The molecular weight excluding hydrogens is 403 g/mol. The number of benzene rings is 2. The van der Waals surface area contributed by atoms with Gasteiger partial charge in [-0.2, -0.15) is 5.26 Å². The molecule has 6 nitrogen and oxygen atoms in total. The van der Waals surface area contributed by atoms with E-state index in [9.17, 15) is 9.65 Å². The lowest BCUT2D eigenvalue weighted by Crippen LogP contribution is -2.02.